The Hall–Kier alpha value is -3.30. The molecule has 10 heteroatoms. The van der Waals surface area contributed by atoms with Gasteiger partial charge in [-0.25, -0.2) is 9.67 Å². The Bertz CT molecular complexity index is 934. The van der Waals surface area contributed by atoms with Gasteiger partial charge in [0, 0.05) is 31.0 Å². The Balaban J connectivity index is 1.33. The lowest BCUT2D eigenvalue weighted by molar-refractivity contribution is -0.129. The molecular formula is C18H21N7O3. The second-order valence-corrected chi connectivity index (χ2v) is 6.78. The maximum atomic E-state index is 12.6. The Morgan fingerprint density at radius 3 is 3.00 bits per heavy atom. The van der Waals surface area contributed by atoms with Gasteiger partial charge in [0.25, 0.3) is 0 Å². The summed E-state index contributed by atoms with van der Waals surface area (Å²) in [5.41, 5.74) is 2.34. The molecule has 0 N–H and O–H groups in total. The molecule has 4 heterocycles. The average molecular weight is 383 g/mol. The summed E-state index contributed by atoms with van der Waals surface area (Å²) in [5.74, 6) is 1.21. The van der Waals surface area contributed by atoms with Crippen LogP contribution in [-0.4, -0.2) is 54.0 Å². The van der Waals surface area contributed by atoms with Crippen LogP contribution in [0, 0.1) is 13.8 Å². The highest BCUT2D eigenvalue weighted by Crippen LogP contribution is 2.23. The Kier molecular flexibility index (Phi) is 5.00. The van der Waals surface area contributed by atoms with Crippen molar-refractivity contribution in [1.82, 2.24) is 35.0 Å². The molecule has 1 unspecified atom stereocenters. The molecule has 1 fully saturated rings. The standard InChI is InChI=1S/C18H21N7O3/c1-12-16(13(2)28-22-12)7-18(26)24-6-3-15(10-24)25-9-14(21-23-25)11-27-17-8-19-4-5-20-17/h4-5,8-9,15H,3,6-7,10-11H2,1-2H3. The van der Waals surface area contributed by atoms with E-state index in [0.717, 1.165) is 17.7 Å². The molecule has 1 saturated heterocycles. The fraction of sp³-hybridized carbons (Fsp3) is 0.444. The van der Waals surface area contributed by atoms with Crippen LogP contribution in [-0.2, 0) is 17.8 Å². The quantitative estimate of drug-likeness (QED) is 0.625. The van der Waals surface area contributed by atoms with E-state index in [0.29, 0.717) is 36.8 Å². The van der Waals surface area contributed by atoms with E-state index in [1.54, 1.807) is 23.3 Å². The molecule has 1 aliphatic rings. The summed E-state index contributed by atoms with van der Waals surface area (Å²) in [5, 5.41) is 12.3. The molecule has 10 nitrogen and oxygen atoms in total. The SMILES string of the molecule is Cc1noc(C)c1CC(=O)N1CCC(n2cc(COc3cnccn3)nn2)C1. The number of ether oxygens (including phenoxy) is 1. The zero-order chi connectivity index (χ0) is 19.5. The van der Waals surface area contributed by atoms with Crippen molar-refractivity contribution in [2.24, 2.45) is 0 Å². The topological polar surface area (TPSA) is 112 Å². The van der Waals surface area contributed by atoms with Gasteiger partial charge in [-0.05, 0) is 20.3 Å². The predicted octanol–water partition coefficient (Wildman–Crippen LogP) is 1.27. The molecule has 0 radical (unpaired) electrons. The highest BCUT2D eigenvalue weighted by molar-refractivity contribution is 5.79. The minimum atomic E-state index is 0.0724. The van der Waals surface area contributed by atoms with Crippen LogP contribution in [0.25, 0.3) is 0 Å². The third kappa shape index (κ3) is 3.85. The molecule has 1 atom stereocenters. The van der Waals surface area contributed by atoms with Gasteiger partial charge in [-0.1, -0.05) is 10.4 Å². The summed E-state index contributed by atoms with van der Waals surface area (Å²) < 4.78 is 12.5. The fourth-order valence-electron chi connectivity index (χ4n) is 3.27. The molecule has 0 aliphatic carbocycles. The van der Waals surface area contributed by atoms with Crippen molar-refractivity contribution in [2.45, 2.75) is 39.3 Å². The smallest absolute Gasteiger partial charge is 0.232 e. The van der Waals surface area contributed by atoms with Crippen molar-refractivity contribution < 1.29 is 14.1 Å². The van der Waals surface area contributed by atoms with Crippen molar-refractivity contribution in [3.63, 3.8) is 0 Å². The van der Waals surface area contributed by atoms with E-state index in [2.05, 4.69) is 25.4 Å². The first-order chi connectivity index (χ1) is 13.6. The molecule has 0 spiro atoms. The van der Waals surface area contributed by atoms with Crippen LogP contribution in [0.2, 0.25) is 0 Å². The summed E-state index contributed by atoms with van der Waals surface area (Å²) in [7, 11) is 0. The minimum absolute atomic E-state index is 0.0724. The molecule has 146 valence electrons. The first-order valence-electron chi connectivity index (χ1n) is 9.09. The molecule has 4 rings (SSSR count). The lowest BCUT2D eigenvalue weighted by Crippen LogP contribution is -2.30. The number of likely N-dealkylation sites (tertiary alicyclic amines) is 1. The first-order valence-corrected chi connectivity index (χ1v) is 9.09. The molecule has 3 aromatic rings. The number of nitrogens with zero attached hydrogens (tertiary/aromatic N) is 7. The molecule has 0 aromatic carbocycles. The number of hydrogen-bond donors (Lipinski definition) is 0. The maximum absolute atomic E-state index is 12.6. The van der Waals surface area contributed by atoms with Crippen LogP contribution in [0.1, 0.15) is 35.2 Å². The summed E-state index contributed by atoms with van der Waals surface area (Å²) >= 11 is 0. The van der Waals surface area contributed by atoms with Gasteiger partial charge in [0.05, 0.1) is 30.6 Å². The fourth-order valence-corrected chi connectivity index (χ4v) is 3.27. The minimum Gasteiger partial charge on any atom is -0.470 e. The van der Waals surface area contributed by atoms with E-state index in [-0.39, 0.29) is 18.6 Å². The number of aromatic nitrogens is 6. The monoisotopic (exact) mass is 383 g/mol. The zero-order valence-corrected chi connectivity index (χ0v) is 15.8. The molecule has 3 aromatic heterocycles. The molecule has 0 bridgehead atoms. The highest BCUT2D eigenvalue weighted by atomic mass is 16.5. The van der Waals surface area contributed by atoms with E-state index in [1.807, 2.05) is 24.9 Å². The summed E-state index contributed by atoms with van der Waals surface area (Å²) in [6.07, 6.45) is 7.69. The lowest BCUT2D eigenvalue weighted by Gasteiger charge is -2.16. The largest absolute Gasteiger partial charge is 0.470 e. The van der Waals surface area contributed by atoms with Crippen molar-refractivity contribution >= 4 is 5.91 Å². The zero-order valence-electron chi connectivity index (χ0n) is 15.8. The van der Waals surface area contributed by atoms with Crippen LogP contribution in [0.15, 0.2) is 29.3 Å². The number of rotatable bonds is 6. The van der Waals surface area contributed by atoms with Gasteiger partial charge in [0.2, 0.25) is 11.8 Å². The van der Waals surface area contributed by atoms with Crippen molar-refractivity contribution in [3.05, 3.63) is 47.5 Å². The molecule has 1 aliphatic heterocycles. The van der Waals surface area contributed by atoms with Crippen LogP contribution < -0.4 is 4.74 Å². The predicted molar refractivity (Wildman–Crippen MR) is 96.3 cm³/mol. The Morgan fingerprint density at radius 2 is 2.25 bits per heavy atom. The van der Waals surface area contributed by atoms with Gasteiger partial charge in [0.1, 0.15) is 18.1 Å². The summed E-state index contributed by atoms with van der Waals surface area (Å²) in [6, 6.07) is 0.103. The second kappa shape index (κ2) is 7.75. The normalized spacial score (nSPS) is 16.5. The highest BCUT2D eigenvalue weighted by Gasteiger charge is 2.29. The van der Waals surface area contributed by atoms with Crippen LogP contribution in [0.4, 0.5) is 0 Å². The van der Waals surface area contributed by atoms with E-state index in [9.17, 15) is 4.79 Å². The molecule has 28 heavy (non-hydrogen) atoms. The third-order valence-corrected chi connectivity index (χ3v) is 4.86. The van der Waals surface area contributed by atoms with Gasteiger partial charge in [0.15, 0.2) is 0 Å². The van der Waals surface area contributed by atoms with Gasteiger partial charge < -0.3 is 14.2 Å². The van der Waals surface area contributed by atoms with E-state index in [1.165, 1.54) is 0 Å². The number of carbonyl (C=O) groups excluding carboxylic acids is 1. The average Bonchev–Trinajstić information content (AvgIpc) is 3.44. The van der Waals surface area contributed by atoms with Crippen molar-refractivity contribution in [1.29, 1.82) is 0 Å². The Labute approximate surface area is 161 Å². The van der Waals surface area contributed by atoms with Gasteiger partial charge >= 0.3 is 0 Å². The van der Waals surface area contributed by atoms with Gasteiger partial charge in [-0.3, -0.25) is 9.78 Å². The molecule has 0 saturated carbocycles. The first kappa shape index (κ1) is 18.1. The number of carbonyl (C=O) groups is 1. The van der Waals surface area contributed by atoms with E-state index < -0.39 is 0 Å². The number of amides is 1. The third-order valence-electron chi connectivity index (χ3n) is 4.86. The number of aryl methyl sites for hydroxylation is 2. The summed E-state index contributed by atoms with van der Waals surface area (Å²) in [6.45, 7) is 5.25. The van der Waals surface area contributed by atoms with Crippen LogP contribution >= 0.6 is 0 Å². The van der Waals surface area contributed by atoms with Crippen molar-refractivity contribution in [3.8, 4) is 5.88 Å². The number of hydrogen-bond acceptors (Lipinski definition) is 8. The van der Waals surface area contributed by atoms with Crippen LogP contribution in [0.3, 0.4) is 0 Å². The van der Waals surface area contributed by atoms with Gasteiger partial charge in [-0.2, -0.15) is 0 Å². The lowest BCUT2D eigenvalue weighted by atomic mass is 10.1. The molecule has 1 amide bonds. The van der Waals surface area contributed by atoms with Crippen LogP contribution in [0.5, 0.6) is 5.88 Å². The van der Waals surface area contributed by atoms with Crippen molar-refractivity contribution in [2.75, 3.05) is 13.1 Å². The van der Waals surface area contributed by atoms with E-state index >= 15 is 0 Å². The maximum Gasteiger partial charge on any atom is 0.232 e. The van der Waals surface area contributed by atoms with E-state index in [4.69, 9.17) is 9.26 Å². The second-order valence-electron chi connectivity index (χ2n) is 6.78. The molecular weight excluding hydrogens is 362 g/mol. The van der Waals surface area contributed by atoms with Gasteiger partial charge in [-0.15, -0.1) is 5.10 Å². The Morgan fingerprint density at radius 1 is 1.36 bits per heavy atom. The summed E-state index contributed by atoms with van der Waals surface area (Å²) in [4.78, 5) is 22.5.